The lowest BCUT2D eigenvalue weighted by atomic mass is 10.2. The summed E-state index contributed by atoms with van der Waals surface area (Å²) in [5, 5.41) is 12.0. The van der Waals surface area contributed by atoms with Gasteiger partial charge in [0.25, 0.3) is 0 Å². The van der Waals surface area contributed by atoms with E-state index in [4.69, 9.17) is 15.7 Å². The maximum atomic E-state index is 8.90. The number of benzene rings is 1. The number of nitrogens with zero attached hydrogens (tertiary/aromatic N) is 2. The van der Waals surface area contributed by atoms with Crippen LogP contribution in [0.25, 0.3) is 0 Å². The molecule has 0 aliphatic rings. The van der Waals surface area contributed by atoms with E-state index < -0.39 is 0 Å². The number of aromatic nitrogens is 1. The van der Waals surface area contributed by atoms with Crippen molar-refractivity contribution in [3.05, 3.63) is 47.7 Å². The summed E-state index contributed by atoms with van der Waals surface area (Å²) in [6.07, 6.45) is 1.56. The lowest BCUT2D eigenvalue weighted by molar-refractivity contribution is 0.410. The Labute approximate surface area is 111 Å². The molecule has 0 saturated carbocycles. The third-order valence-corrected chi connectivity index (χ3v) is 2.75. The second kappa shape index (κ2) is 5.74. The number of hydrogen-bond donors (Lipinski definition) is 2. The standard InChI is InChI=1S/C14H14N4O/c1-19-12-5-3-2-4-11(12)9-18-14-13(16)10(8-15)6-7-17-14/h2-7H,9,16H2,1H3,(H,17,18). The van der Waals surface area contributed by atoms with E-state index in [2.05, 4.69) is 10.3 Å². The third kappa shape index (κ3) is 2.75. The molecule has 0 fully saturated rings. The van der Waals surface area contributed by atoms with Gasteiger partial charge in [-0.1, -0.05) is 18.2 Å². The highest BCUT2D eigenvalue weighted by Crippen LogP contribution is 2.22. The fourth-order valence-electron chi connectivity index (χ4n) is 1.74. The topological polar surface area (TPSA) is 84.0 Å². The van der Waals surface area contributed by atoms with Gasteiger partial charge in [-0.25, -0.2) is 4.98 Å². The zero-order chi connectivity index (χ0) is 13.7. The van der Waals surface area contributed by atoms with Gasteiger partial charge in [0, 0.05) is 18.3 Å². The highest BCUT2D eigenvalue weighted by atomic mass is 16.5. The number of methoxy groups -OCH3 is 1. The molecule has 0 aliphatic heterocycles. The number of nitrogen functional groups attached to an aromatic ring is 1. The Balaban J connectivity index is 2.17. The molecule has 2 aromatic rings. The number of nitriles is 1. The number of pyridine rings is 1. The first-order valence-electron chi connectivity index (χ1n) is 5.76. The molecule has 0 bridgehead atoms. The quantitative estimate of drug-likeness (QED) is 0.873. The van der Waals surface area contributed by atoms with Gasteiger partial charge in [-0.05, 0) is 12.1 Å². The maximum absolute atomic E-state index is 8.90. The first-order chi connectivity index (χ1) is 9.26. The number of hydrogen-bond acceptors (Lipinski definition) is 5. The van der Waals surface area contributed by atoms with Gasteiger partial charge >= 0.3 is 0 Å². The van der Waals surface area contributed by atoms with Crippen LogP contribution in [0.2, 0.25) is 0 Å². The summed E-state index contributed by atoms with van der Waals surface area (Å²) in [4.78, 5) is 4.13. The van der Waals surface area contributed by atoms with Crippen molar-refractivity contribution in [2.75, 3.05) is 18.2 Å². The van der Waals surface area contributed by atoms with Crippen LogP contribution in [0, 0.1) is 11.3 Å². The third-order valence-electron chi connectivity index (χ3n) is 2.75. The lowest BCUT2D eigenvalue weighted by Crippen LogP contribution is -2.06. The van der Waals surface area contributed by atoms with Crippen molar-refractivity contribution in [2.24, 2.45) is 0 Å². The number of para-hydroxylation sites is 1. The highest BCUT2D eigenvalue weighted by Gasteiger charge is 2.07. The van der Waals surface area contributed by atoms with Crippen LogP contribution in [0.4, 0.5) is 11.5 Å². The molecule has 5 nitrogen and oxygen atoms in total. The first-order valence-corrected chi connectivity index (χ1v) is 5.76. The Kier molecular flexibility index (Phi) is 3.84. The largest absolute Gasteiger partial charge is 0.496 e. The second-order valence-corrected chi connectivity index (χ2v) is 3.90. The SMILES string of the molecule is COc1ccccc1CNc1nccc(C#N)c1N. The number of ether oxygens (including phenoxy) is 1. The highest BCUT2D eigenvalue weighted by molar-refractivity contribution is 5.68. The smallest absolute Gasteiger partial charge is 0.150 e. The van der Waals surface area contributed by atoms with Crippen molar-refractivity contribution >= 4 is 11.5 Å². The lowest BCUT2D eigenvalue weighted by Gasteiger charge is -2.11. The minimum Gasteiger partial charge on any atom is -0.496 e. The van der Waals surface area contributed by atoms with Crippen LogP contribution in [0.3, 0.4) is 0 Å². The van der Waals surface area contributed by atoms with Crippen molar-refractivity contribution in [1.29, 1.82) is 5.26 Å². The van der Waals surface area contributed by atoms with E-state index in [1.54, 1.807) is 19.4 Å². The molecule has 1 heterocycles. The van der Waals surface area contributed by atoms with Crippen LogP contribution in [-0.4, -0.2) is 12.1 Å². The number of nitrogens with one attached hydrogen (secondary N) is 1. The Hall–Kier alpha value is -2.74. The molecule has 0 aliphatic carbocycles. The average molecular weight is 254 g/mol. The second-order valence-electron chi connectivity index (χ2n) is 3.90. The van der Waals surface area contributed by atoms with Crippen LogP contribution in [-0.2, 0) is 6.54 Å². The Morgan fingerprint density at radius 1 is 1.37 bits per heavy atom. The summed E-state index contributed by atoms with van der Waals surface area (Å²) < 4.78 is 5.26. The van der Waals surface area contributed by atoms with E-state index in [0.717, 1.165) is 11.3 Å². The molecule has 2 rings (SSSR count). The van der Waals surface area contributed by atoms with Crippen molar-refractivity contribution < 1.29 is 4.74 Å². The van der Waals surface area contributed by atoms with Gasteiger partial charge in [-0.3, -0.25) is 0 Å². The molecule has 19 heavy (non-hydrogen) atoms. The van der Waals surface area contributed by atoms with Gasteiger partial charge in [-0.15, -0.1) is 0 Å². The van der Waals surface area contributed by atoms with Crippen LogP contribution in [0.5, 0.6) is 5.75 Å². The number of anilines is 2. The molecule has 3 N–H and O–H groups in total. The van der Waals surface area contributed by atoms with Crippen molar-refractivity contribution in [3.63, 3.8) is 0 Å². The van der Waals surface area contributed by atoms with E-state index in [1.807, 2.05) is 30.3 Å². The summed E-state index contributed by atoms with van der Waals surface area (Å²) >= 11 is 0. The summed E-state index contributed by atoms with van der Waals surface area (Å²) in [6.45, 7) is 0.524. The maximum Gasteiger partial charge on any atom is 0.150 e. The molecule has 0 atom stereocenters. The molecule has 1 aromatic heterocycles. The predicted octanol–water partition coefficient (Wildman–Crippen LogP) is 2.16. The molecule has 0 spiro atoms. The fraction of sp³-hybridized carbons (Fsp3) is 0.143. The Morgan fingerprint density at radius 3 is 2.89 bits per heavy atom. The van der Waals surface area contributed by atoms with E-state index >= 15 is 0 Å². The van der Waals surface area contributed by atoms with Crippen LogP contribution in [0.1, 0.15) is 11.1 Å². The van der Waals surface area contributed by atoms with Crippen molar-refractivity contribution in [3.8, 4) is 11.8 Å². The Morgan fingerprint density at radius 2 is 2.16 bits per heavy atom. The van der Waals surface area contributed by atoms with Gasteiger partial charge in [0.2, 0.25) is 0 Å². The van der Waals surface area contributed by atoms with E-state index in [9.17, 15) is 0 Å². The van der Waals surface area contributed by atoms with Crippen LogP contribution in [0.15, 0.2) is 36.5 Å². The van der Waals surface area contributed by atoms with E-state index in [1.165, 1.54) is 0 Å². The number of rotatable bonds is 4. The molecular formula is C14H14N4O. The minimum absolute atomic E-state index is 0.361. The average Bonchev–Trinajstić information content (AvgIpc) is 2.46. The molecule has 5 heteroatoms. The normalized spacial score (nSPS) is 9.68. The van der Waals surface area contributed by atoms with Gasteiger partial charge in [-0.2, -0.15) is 5.26 Å². The minimum atomic E-state index is 0.361. The zero-order valence-corrected chi connectivity index (χ0v) is 10.6. The van der Waals surface area contributed by atoms with Crippen LogP contribution >= 0.6 is 0 Å². The molecule has 0 saturated heterocycles. The van der Waals surface area contributed by atoms with Crippen LogP contribution < -0.4 is 15.8 Å². The van der Waals surface area contributed by atoms with Gasteiger partial charge in [0.1, 0.15) is 11.8 Å². The van der Waals surface area contributed by atoms with Gasteiger partial charge in [0.15, 0.2) is 5.82 Å². The molecule has 96 valence electrons. The summed E-state index contributed by atoms with van der Waals surface area (Å²) in [5.41, 5.74) is 7.62. The molecule has 0 amide bonds. The summed E-state index contributed by atoms with van der Waals surface area (Å²) in [6, 6.07) is 11.3. The van der Waals surface area contributed by atoms with Crippen molar-refractivity contribution in [1.82, 2.24) is 4.98 Å². The molecule has 1 aromatic carbocycles. The summed E-state index contributed by atoms with van der Waals surface area (Å²) in [5.74, 6) is 1.30. The van der Waals surface area contributed by atoms with Crippen molar-refractivity contribution in [2.45, 2.75) is 6.54 Å². The summed E-state index contributed by atoms with van der Waals surface area (Å²) in [7, 11) is 1.63. The number of nitrogens with two attached hydrogens (primary N) is 1. The zero-order valence-electron chi connectivity index (χ0n) is 10.6. The Bertz CT molecular complexity index is 619. The van der Waals surface area contributed by atoms with Gasteiger partial charge in [0.05, 0.1) is 18.4 Å². The fourth-order valence-corrected chi connectivity index (χ4v) is 1.74. The first kappa shape index (κ1) is 12.7. The molecular weight excluding hydrogens is 240 g/mol. The monoisotopic (exact) mass is 254 g/mol. The molecule has 0 unspecified atom stereocenters. The van der Waals surface area contributed by atoms with E-state index in [-0.39, 0.29) is 0 Å². The van der Waals surface area contributed by atoms with Gasteiger partial charge < -0.3 is 15.8 Å². The predicted molar refractivity (Wildman–Crippen MR) is 73.7 cm³/mol. The molecule has 0 radical (unpaired) electrons. The van der Waals surface area contributed by atoms with E-state index in [0.29, 0.717) is 23.6 Å².